The summed E-state index contributed by atoms with van der Waals surface area (Å²) in [5.41, 5.74) is 0.820. The highest BCUT2D eigenvalue weighted by atomic mass is 35.5. The van der Waals surface area contributed by atoms with Gasteiger partial charge in [-0.15, -0.1) is 0 Å². The van der Waals surface area contributed by atoms with E-state index in [4.69, 9.17) is 27.9 Å². The van der Waals surface area contributed by atoms with Crippen LogP contribution in [-0.2, 0) is 11.2 Å². The van der Waals surface area contributed by atoms with Crippen LogP contribution in [0.25, 0.3) is 0 Å². The lowest BCUT2D eigenvalue weighted by Gasteiger charge is -2.29. The van der Waals surface area contributed by atoms with Gasteiger partial charge in [-0.05, 0) is 62.6 Å². The molecule has 2 aromatic carbocycles. The fraction of sp³-hybridized carbons (Fsp3) is 0.381. The normalized spacial score (nSPS) is 12.5. The van der Waals surface area contributed by atoms with Gasteiger partial charge in [-0.25, -0.2) is 4.79 Å². The van der Waals surface area contributed by atoms with Crippen molar-refractivity contribution in [3.63, 3.8) is 0 Å². The van der Waals surface area contributed by atoms with Gasteiger partial charge in [-0.3, -0.25) is 0 Å². The largest absolute Gasteiger partial charge is 0.506 e. The number of aromatic hydroxyl groups is 1. The summed E-state index contributed by atoms with van der Waals surface area (Å²) < 4.78 is 5.48. The molecule has 0 fully saturated rings. The zero-order valence-corrected chi connectivity index (χ0v) is 17.7. The average Bonchev–Trinajstić information content (AvgIpc) is 2.59. The van der Waals surface area contributed by atoms with E-state index in [1.165, 1.54) is 11.0 Å². The van der Waals surface area contributed by atoms with Crippen molar-refractivity contribution >= 4 is 29.3 Å². The molecule has 1 atom stereocenters. The van der Waals surface area contributed by atoms with Crippen LogP contribution in [0, 0.1) is 0 Å². The zero-order chi connectivity index (χ0) is 20.9. The summed E-state index contributed by atoms with van der Waals surface area (Å²) in [6.45, 7) is 5.73. The van der Waals surface area contributed by atoms with Crippen LogP contribution in [0.15, 0.2) is 42.5 Å². The van der Waals surface area contributed by atoms with Crippen LogP contribution >= 0.6 is 23.2 Å². The van der Waals surface area contributed by atoms with Gasteiger partial charge in [0.15, 0.2) is 0 Å². The number of benzene rings is 2. The molecule has 2 N–H and O–H groups in total. The number of hydrogen-bond acceptors (Lipinski definition) is 4. The fourth-order valence-electron chi connectivity index (χ4n) is 2.58. The zero-order valence-electron chi connectivity index (χ0n) is 16.2. The van der Waals surface area contributed by atoms with E-state index >= 15 is 0 Å². The number of phenolic OH excluding ortho intramolecular Hbond substituents is 1. The van der Waals surface area contributed by atoms with Gasteiger partial charge in [-0.1, -0.05) is 41.4 Å². The molecule has 0 aromatic heterocycles. The number of aliphatic hydroxyl groups excluding tert-OH is 1. The third-order valence-electron chi connectivity index (χ3n) is 3.96. The Hall–Kier alpha value is -1.95. The van der Waals surface area contributed by atoms with Crippen LogP contribution in [0.1, 0.15) is 38.0 Å². The first kappa shape index (κ1) is 22.3. The molecule has 0 heterocycles. The Bertz CT molecular complexity index is 820. The summed E-state index contributed by atoms with van der Waals surface area (Å²) in [6.07, 6.45) is -0.935. The van der Waals surface area contributed by atoms with Gasteiger partial charge in [0, 0.05) is 11.6 Å². The fourth-order valence-corrected chi connectivity index (χ4v) is 2.98. The first-order valence-electron chi connectivity index (χ1n) is 8.94. The van der Waals surface area contributed by atoms with Crippen molar-refractivity contribution in [1.82, 2.24) is 4.90 Å². The van der Waals surface area contributed by atoms with E-state index < -0.39 is 17.8 Å². The van der Waals surface area contributed by atoms with E-state index in [0.717, 1.165) is 5.56 Å². The number of halogens is 2. The number of ether oxygens (including phenoxy) is 1. The van der Waals surface area contributed by atoms with E-state index in [0.29, 0.717) is 23.6 Å². The van der Waals surface area contributed by atoms with Crippen molar-refractivity contribution in [2.24, 2.45) is 0 Å². The quantitative estimate of drug-likeness (QED) is 0.665. The molecule has 0 unspecified atom stereocenters. The van der Waals surface area contributed by atoms with E-state index in [9.17, 15) is 15.0 Å². The highest BCUT2D eigenvalue weighted by Crippen LogP contribution is 2.24. The molecule has 0 aliphatic heterocycles. The Labute approximate surface area is 175 Å². The van der Waals surface area contributed by atoms with Gasteiger partial charge in [0.1, 0.15) is 11.4 Å². The van der Waals surface area contributed by atoms with Gasteiger partial charge in [0.25, 0.3) is 0 Å². The second kappa shape index (κ2) is 9.50. The summed E-state index contributed by atoms with van der Waals surface area (Å²) in [5.74, 6) is 0.00536. The number of rotatable bonds is 6. The minimum absolute atomic E-state index is 0.00536. The predicted octanol–water partition coefficient (Wildman–Crippen LogP) is 5.21. The standard InChI is InChI=1S/C21H25Cl2NO4/c1-21(2,3)28-20(27)24(10-9-14-7-8-18(25)17(23)11-14)13-19(26)15-5-4-6-16(22)12-15/h4-8,11-12,19,25-26H,9-10,13H2,1-3H3/t19-/m1/s1. The predicted molar refractivity (Wildman–Crippen MR) is 111 cm³/mol. The van der Waals surface area contributed by atoms with Crippen molar-refractivity contribution in [2.45, 2.75) is 38.9 Å². The van der Waals surface area contributed by atoms with Crippen molar-refractivity contribution in [2.75, 3.05) is 13.1 Å². The molecule has 28 heavy (non-hydrogen) atoms. The van der Waals surface area contributed by atoms with E-state index in [2.05, 4.69) is 0 Å². The summed E-state index contributed by atoms with van der Waals surface area (Å²) in [4.78, 5) is 14.1. The number of nitrogens with zero attached hydrogens (tertiary/aromatic N) is 1. The van der Waals surface area contributed by atoms with Gasteiger partial charge < -0.3 is 19.8 Å². The lowest BCUT2D eigenvalue weighted by molar-refractivity contribution is 0.0147. The van der Waals surface area contributed by atoms with E-state index in [1.807, 2.05) is 0 Å². The Morgan fingerprint density at radius 3 is 2.50 bits per heavy atom. The molecule has 152 valence electrons. The minimum Gasteiger partial charge on any atom is -0.506 e. The molecule has 1 amide bonds. The Kier molecular flexibility index (Phi) is 7.58. The Morgan fingerprint density at radius 2 is 1.89 bits per heavy atom. The highest BCUT2D eigenvalue weighted by Gasteiger charge is 2.24. The monoisotopic (exact) mass is 425 g/mol. The molecule has 0 bridgehead atoms. The lowest BCUT2D eigenvalue weighted by atomic mass is 10.1. The maximum Gasteiger partial charge on any atom is 0.410 e. The molecule has 0 aliphatic carbocycles. The molecule has 2 aromatic rings. The molecule has 2 rings (SSSR count). The third-order valence-corrected chi connectivity index (χ3v) is 4.50. The van der Waals surface area contributed by atoms with Crippen LogP contribution in [0.3, 0.4) is 0 Å². The van der Waals surface area contributed by atoms with Gasteiger partial charge in [-0.2, -0.15) is 0 Å². The Morgan fingerprint density at radius 1 is 1.18 bits per heavy atom. The molecule has 5 nitrogen and oxygen atoms in total. The number of amides is 1. The van der Waals surface area contributed by atoms with Crippen molar-refractivity contribution in [3.05, 3.63) is 63.6 Å². The van der Waals surface area contributed by atoms with Crippen molar-refractivity contribution in [3.8, 4) is 5.75 Å². The number of carbonyl (C=O) groups excluding carboxylic acids is 1. The maximum atomic E-state index is 12.6. The van der Waals surface area contributed by atoms with Crippen LogP contribution < -0.4 is 0 Å². The molecule has 7 heteroatoms. The van der Waals surface area contributed by atoms with E-state index in [-0.39, 0.29) is 17.3 Å². The second-order valence-electron chi connectivity index (χ2n) is 7.53. The lowest BCUT2D eigenvalue weighted by Crippen LogP contribution is -2.40. The summed E-state index contributed by atoms with van der Waals surface area (Å²) in [5, 5.41) is 20.9. The molecular formula is C21H25Cl2NO4. The number of phenols is 1. The molecule has 0 aliphatic rings. The summed E-state index contributed by atoms with van der Waals surface area (Å²) >= 11 is 11.9. The van der Waals surface area contributed by atoms with Crippen LogP contribution in [0.4, 0.5) is 4.79 Å². The molecular weight excluding hydrogens is 401 g/mol. The SMILES string of the molecule is CC(C)(C)OC(=O)N(CCc1ccc(O)c(Cl)c1)C[C@@H](O)c1cccc(Cl)c1. The van der Waals surface area contributed by atoms with E-state index in [1.54, 1.807) is 57.2 Å². The first-order valence-corrected chi connectivity index (χ1v) is 9.69. The number of hydrogen-bond donors (Lipinski definition) is 2. The topological polar surface area (TPSA) is 70.0 Å². The summed E-state index contributed by atoms with van der Waals surface area (Å²) in [7, 11) is 0. The highest BCUT2D eigenvalue weighted by molar-refractivity contribution is 6.32. The van der Waals surface area contributed by atoms with Crippen LogP contribution in [0.2, 0.25) is 10.0 Å². The molecule has 0 radical (unpaired) electrons. The summed E-state index contributed by atoms with van der Waals surface area (Å²) in [6, 6.07) is 11.8. The minimum atomic E-state index is -0.908. The first-order chi connectivity index (χ1) is 13.0. The smallest absolute Gasteiger partial charge is 0.410 e. The average molecular weight is 426 g/mol. The number of aliphatic hydroxyl groups is 1. The third kappa shape index (κ3) is 6.89. The van der Waals surface area contributed by atoms with Crippen molar-refractivity contribution < 1.29 is 19.7 Å². The molecule has 0 spiro atoms. The molecule has 0 saturated carbocycles. The van der Waals surface area contributed by atoms with Gasteiger partial charge in [0.05, 0.1) is 17.7 Å². The number of carbonyl (C=O) groups is 1. The maximum absolute atomic E-state index is 12.6. The van der Waals surface area contributed by atoms with Crippen molar-refractivity contribution in [1.29, 1.82) is 0 Å². The Balaban J connectivity index is 2.13. The van der Waals surface area contributed by atoms with Gasteiger partial charge >= 0.3 is 6.09 Å². The molecule has 0 saturated heterocycles. The van der Waals surface area contributed by atoms with Gasteiger partial charge in [0.2, 0.25) is 0 Å². The van der Waals surface area contributed by atoms with Crippen LogP contribution in [0.5, 0.6) is 5.75 Å². The second-order valence-corrected chi connectivity index (χ2v) is 8.38. The van der Waals surface area contributed by atoms with Crippen LogP contribution in [-0.4, -0.2) is 39.9 Å².